The average Bonchev–Trinajstić information content (AvgIpc) is 2.48. The summed E-state index contributed by atoms with van der Waals surface area (Å²) in [5, 5.41) is 10.1. The van der Waals surface area contributed by atoms with Crippen molar-refractivity contribution in [3.05, 3.63) is 42.1 Å². The Bertz CT molecular complexity index is 619. The van der Waals surface area contributed by atoms with Crippen molar-refractivity contribution in [3.63, 3.8) is 0 Å². The Balaban J connectivity index is 1.66. The number of hydrogen-bond donors (Lipinski definition) is 1. The van der Waals surface area contributed by atoms with E-state index in [1.54, 1.807) is 0 Å². The third-order valence-electron chi connectivity index (χ3n) is 4.06. The number of benzene rings is 1. The van der Waals surface area contributed by atoms with Crippen LogP contribution in [0.4, 0.5) is 4.79 Å². The quantitative estimate of drug-likeness (QED) is 0.912. The Labute approximate surface area is 118 Å². The highest BCUT2D eigenvalue weighted by molar-refractivity contribution is 5.78. The first-order valence-electron chi connectivity index (χ1n) is 7.04. The van der Waals surface area contributed by atoms with Crippen molar-refractivity contribution in [2.75, 3.05) is 13.1 Å². The number of fused-ring (bicyclic) bond motifs is 1. The monoisotopic (exact) mass is 270 g/mol. The number of amides is 1. The summed E-state index contributed by atoms with van der Waals surface area (Å²) in [5.74, 6) is 0.563. The third-order valence-corrected chi connectivity index (χ3v) is 4.06. The van der Waals surface area contributed by atoms with Crippen molar-refractivity contribution in [1.29, 1.82) is 0 Å². The van der Waals surface area contributed by atoms with Crippen molar-refractivity contribution in [1.82, 2.24) is 9.88 Å². The summed E-state index contributed by atoms with van der Waals surface area (Å²) in [7, 11) is 0. The number of pyridine rings is 1. The van der Waals surface area contributed by atoms with Gasteiger partial charge in [0.25, 0.3) is 0 Å². The lowest BCUT2D eigenvalue weighted by Crippen LogP contribution is -2.37. The highest BCUT2D eigenvalue weighted by Crippen LogP contribution is 2.23. The number of aromatic nitrogens is 1. The van der Waals surface area contributed by atoms with Gasteiger partial charge < -0.3 is 10.0 Å². The minimum absolute atomic E-state index is 0.563. The molecule has 104 valence electrons. The van der Waals surface area contributed by atoms with Gasteiger partial charge in [-0.1, -0.05) is 18.2 Å². The largest absolute Gasteiger partial charge is 0.465 e. The first-order valence-corrected chi connectivity index (χ1v) is 7.04. The summed E-state index contributed by atoms with van der Waals surface area (Å²) >= 11 is 0. The van der Waals surface area contributed by atoms with Crippen LogP contribution in [0.15, 0.2) is 36.5 Å². The molecular weight excluding hydrogens is 252 g/mol. The van der Waals surface area contributed by atoms with Crippen LogP contribution in [0.3, 0.4) is 0 Å². The van der Waals surface area contributed by atoms with Crippen molar-refractivity contribution >= 4 is 17.0 Å². The van der Waals surface area contributed by atoms with Crippen LogP contribution in [-0.4, -0.2) is 34.2 Å². The van der Waals surface area contributed by atoms with Gasteiger partial charge in [0, 0.05) is 24.7 Å². The molecule has 20 heavy (non-hydrogen) atoms. The number of para-hydroxylation sites is 1. The summed E-state index contributed by atoms with van der Waals surface area (Å²) < 4.78 is 0. The van der Waals surface area contributed by atoms with E-state index in [0.29, 0.717) is 19.0 Å². The van der Waals surface area contributed by atoms with Gasteiger partial charge in [0.05, 0.1) is 5.52 Å². The van der Waals surface area contributed by atoms with Crippen molar-refractivity contribution < 1.29 is 9.90 Å². The predicted octanol–water partition coefficient (Wildman–Crippen LogP) is 3.17. The number of likely N-dealkylation sites (tertiary alicyclic amines) is 1. The van der Waals surface area contributed by atoms with Crippen molar-refractivity contribution in [2.45, 2.75) is 19.3 Å². The number of rotatable bonds is 2. The summed E-state index contributed by atoms with van der Waals surface area (Å²) in [6.45, 7) is 1.31. The zero-order valence-electron chi connectivity index (χ0n) is 11.3. The van der Waals surface area contributed by atoms with E-state index in [1.165, 1.54) is 15.8 Å². The molecule has 1 N–H and O–H groups in total. The van der Waals surface area contributed by atoms with Gasteiger partial charge in [0.2, 0.25) is 0 Å². The SMILES string of the molecule is O=C(O)N1CCC(Cc2cnc3ccccc3c2)CC1. The van der Waals surface area contributed by atoms with Crippen LogP contribution >= 0.6 is 0 Å². The molecule has 3 rings (SSSR count). The van der Waals surface area contributed by atoms with Crippen LogP contribution in [0.25, 0.3) is 10.9 Å². The molecule has 1 aliphatic heterocycles. The van der Waals surface area contributed by atoms with E-state index in [4.69, 9.17) is 5.11 Å². The Kier molecular flexibility index (Phi) is 3.54. The second-order valence-corrected chi connectivity index (χ2v) is 5.45. The van der Waals surface area contributed by atoms with Crippen LogP contribution in [0, 0.1) is 5.92 Å². The highest BCUT2D eigenvalue weighted by atomic mass is 16.4. The lowest BCUT2D eigenvalue weighted by molar-refractivity contribution is 0.124. The molecule has 0 aliphatic carbocycles. The maximum Gasteiger partial charge on any atom is 0.407 e. The van der Waals surface area contributed by atoms with Gasteiger partial charge in [-0.15, -0.1) is 0 Å². The molecule has 0 bridgehead atoms. The minimum atomic E-state index is -0.796. The molecular formula is C16H18N2O2. The van der Waals surface area contributed by atoms with Crippen LogP contribution in [0.5, 0.6) is 0 Å². The molecule has 1 aliphatic rings. The number of piperidine rings is 1. The Hall–Kier alpha value is -2.10. The molecule has 1 saturated heterocycles. The molecule has 1 aromatic carbocycles. The van der Waals surface area contributed by atoms with E-state index in [9.17, 15) is 4.79 Å². The lowest BCUT2D eigenvalue weighted by atomic mass is 9.90. The number of carbonyl (C=O) groups is 1. The Morgan fingerprint density at radius 2 is 2.05 bits per heavy atom. The summed E-state index contributed by atoms with van der Waals surface area (Å²) in [4.78, 5) is 16.9. The maximum atomic E-state index is 10.9. The maximum absolute atomic E-state index is 10.9. The molecule has 4 nitrogen and oxygen atoms in total. The van der Waals surface area contributed by atoms with Gasteiger partial charge in [-0.2, -0.15) is 0 Å². The fourth-order valence-corrected chi connectivity index (χ4v) is 2.89. The van der Waals surface area contributed by atoms with Gasteiger partial charge in [0.1, 0.15) is 0 Å². The Morgan fingerprint density at radius 1 is 1.30 bits per heavy atom. The second-order valence-electron chi connectivity index (χ2n) is 5.45. The van der Waals surface area contributed by atoms with E-state index in [0.717, 1.165) is 24.8 Å². The average molecular weight is 270 g/mol. The van der Waals surface area contributed by atoms with Crippen LogP contribution in [0.2, 0.25) is 0 Å². The van der Waals surface area contributed by atoms with E-state index in [1.807, 2.05) is 24.4 Å². The molecule has 0 spiro atoms. The molecule has 2 aromatic rings. The normalized spacial score (nSPS) is 16.5. The van der Waals surface area contributed by atoms with Gasteiger partial charge in [-0.05, 0) is 42.9 Å². The van der Waals surface area contributed by atoms with Crippen molar-refractivity contribution in [2.24, 2.45) is 5.92 Å². The molecule has 1 aromatic heterocycles. The molecule has 0 saturated carbocycles. The number of nitrogens with zero attached hydrogens (tertiary/aromatic N) is 2. The zero-order valence-corrected chi connectivity index (χ0v) is 11.3. The molecule has 0 unspecified atom stereocenters. The first kappa shape index (κ1) is 12.9. The van der Waals surface area contributed by atoms with E-state index >= 15 is 0 Å². The first-order chi connectivity index (χ1) is 9.72. The van der Waals surface area contributed by atoms with Gasteiger partial charge in [0.15, 0.2) is 0 Å². The number of carboxylic acid groups (broad SMARTS) is 1. The van der Waals surface area contributed by atoms with Crippen LogP contribution in [-0.2, 0) is 6.42 Å². The Morgan fingerprint density at radius 3 is 2.80 bits per heavy atom. The molecule has 1 amide bonds. The predicted molar refractivity (Wildman–Crippen MR) is 77.8 cm³/mol. The summed E-state index contributed by atoms with van der Waals surface area (Å²) in [5.41, 5.74) is 2.27. The highest BCUT2D eigenvalue weighted by Gasteiger charge is 2.22. The minimum Gasteiger partial charge on any atom is -0.465 e. The summed E-state index contributed by atoms with van der Waals surface area (Å²) in [6, 6.07) is 10.3. The lowest BCUT2D eigenvalue weighted by Gasteiger charge is -2.29. The molecule has 4 heteroatoms. The molecule has 0 atom stereocenters. The van der Waals surface area contributed by atoms with Crippen molar-refractivity contribution in [3.8, 4) is 0 Å². The fourth-order valence-electron chi connectivity index (χ4n) is 2.89. The molecule has 0 radical (unpaired) electrons. The topological polar surface area (TPSA) is 53.4 Å². The smallest absolute Gasteiger partial charge is 0.407 e. The van der Waals surface area contributed by atoms with E-state index in [2.05, 4.69) is 17.1 Å². The fraction of sp³-hybridized carbons (Fsp3) is 0.375. The van der Waals surface area contributed by atoms with Gasteiger partial charge >= 0.3 is 6.09 Å². The zero-order chi connectivity index (χ0) is 13.9. The van der Waals surface area contributed by atoms with E-state index < -0.39 is 6.09 Å². The third kappa shape index (κ3) is 2.74. The standard InChI is InChI=1S/C16H18N2O2/c19-16(20)18-7-5-12(6-8-18)9-13-10-14-3-1-2-4-15(14)17-11-13/h1-4,10-12H,5-9H2,(H,19,20). The molecule has 1 fully saturated rings. The molecule has 2 heterocycles. The number of hydrogen-bond acceptors (Lipinski definition) is 2. The van der Waals surface area contributed by atoms with Gasteiger partial charge in [-0.25, -0.2) is 4.79 Å². The van der Waals surface area contributed by atoms with Crippen LogP contribution in [0.1, 0.15) is 18.4 Å². The van der Waals surface area contributed by atoms with Crippen LogP contribution < -0.4 is 0 Å². The van der Waals surface area contributed by atoms with E-state index in [-0.39, 0.29) is 0 Å². The second kappa shape index (κ2) is 5.49. The van der Waals surface area contributed by atoms with Gasteiger partial charge in [-0.3, -0.25) is 4.98 Å². The summed E-state index contributed by atoms with van der Waals surface area (Å²) in [6.07, 6.45) is 4.03.